The minimum atomic E-state index is -0.311. The quantitative estimate of drug-likeness (QED) is 0.712. The van der Waals surface area contributed by atoms with Crippen molar-refractivity contribution in [3.63, 3.8) is 0 Å². The number of H-pyrrole nitrogens is 1. The summed E-state index contributed by atoms with van der Waals surface area (Å²) < 4.78 is 18.8. The Hall–Kier alpha value is -3.41. The second-order valence-electron chi connectivity index (χ2n) is 5.71. The van der Waals surface area contributed by atoms with Crippen molar-refractivity contribution in [2.24, 2.45) is 0 Å². The van der Waals surface area contributed by atoms with Gasteiger partial charge in [-0.3, -0.25) is 4.79 Å². The number of rotatable bonds is 3. The molecule has 3 heterocycles. The highest BCUT2D eigenvalue weighted by molar-refractivity contribution is 6.09. The lowest BCUT2D eigenvalue weighted by molar-refractivity contribution is -0.112. The summed E-state index contributed by atoms with van der Waals surface area (Å²) in [4.78, 5) is 19.4. The molecule has 0 spiro atoms. The molecule has 3 aromatic rings. The molecule has 1 aliphatic heterocycles. The summed E-state index contributed by atoms with van der Waals surface area (Å²) in [6.07, 6.45) is 6.52. The van der Waals surface area contributed by atoms with Crippen LogP contribution in [-0.4, -0.2) is 15.8 Å². The number of hydrogen-bond donors (Lipinski definition) is 2. The summed E-state index contributed by atoms with van der Waals surface area (Å²) in [6, 6.07) is 8.11. The van der Waals surface area contributed by atoms with Crippen LogP contribution in [0.2, 0.25) is 0 Å². The second-order valence-corrected chi connectivity index (χ2v) is 5.71. The van der Waals surface area contributed by atoms with Crippen LogP contribution in [-0.2, 0) is 9.53 Å². The summed E-state index contributed by atoms with van der Waals surface area (Å²) in [5.41, 5.74) is 2.96. The number of allylic oxidation sites excluding steroid dienone is 1. The molecule has 0 radical (unpaired) electrons. The van der Waals surface area contributed by atoms with E-state index in [1.54, 1.807) is 31.5 Å². The highest BCUT2D eigenvalue weighted by atomic mass is 19.1. The van der Waals surface area contributed by atoms with Crippen LogP contribution in [0.3, 0.4) is 0 Å². The number of aromatic nitrogens is 2. The fraction of sp³-hybridized carbons (Fsp3) is 0.0526. The molecule has 4 rings (SSSR count). The lowest BCUT2D eigenvalue weighted by Gasteiger charge is -2.10. The normalized spacial score (nSPS) is 15.5. The SMILES string of the molecule is Cc1cc(F)ccc1NC1=CC(=O)C(=Cc2c[nH]c3ncccc23)O1. The number of benzene rings is 1. The van der Waals surface area contributed by atoms with Crippen LogP contribution in [0.1, 0.15) is 11.1 Å². The summed E-state index contributed by atoms with van der Waals surface area (Å²) in [5.74, 6) is -0.0228. The average molecular weight is 335 g/mol. The number of aryl methyl sites for hydroxylation is 1. The number of ether oxygens (including phenoxy) is 1. The van der Waals surface area contributed by atoms with Crippen LogP contribution in [0, 0.1) is 12.7 Å². The fourth-order valence-electron chi connectivity index (χ4n) is 2.69. The Bertz CT molecular complexity index is 1050. The molecule has 0 bridgehead atoms. The van der Waals surface area contributed by atoms with Crippen LogP contribution in [0.25, 0.3) is 17.1 Å². The molecule has 0 saturated carbocycles. The van der Waals surface area contributed by atoms with Gasteiger partial charge in [-0.05, 0) is 48.9 Å². The summed E-state index contributed by atoms with van der Waals surface area (Å²) >= 11 is 0. The molecule has 2 N–H and O–H groups in total. The third-order valence-corrected chi connectivity index (χ3v) is 3.94. The van der Waals surface area contributed by atoms with Gasteiger partial charge in [0.2, 0.25) is 11.7 Å². The number of nitrogens with one attached hydrogen (secondary N) is 2. The van der Waals surface area contributed by atoms with Crippen molar-refractivity contribution in [3.8, 4) is 0 Å². The van der Waals surface area contributed by atoms with Crippen molar-refractivity contribution >= 4 is 28.6 Å². The zero-order chi connectivity index (χ0) is 17.4. The molecule has 0 saturated heterocycles. The van der Waals surface area contributed by atoms with Gasteiger partial charge in [0.1, 0.15) is 11.5 Å². The van der Waals surface area contributed by atoms with Crippen molar-refractivity contribution in [1.82, 2.24) is 9.97 Å². The van der Waals surface area contributed by atoms with Gasteiger partial charge in [0.05, 0.1) is 6.08 Å². The lowest BCUT2D eigenvalue weighted by Crippen LogP contribution is -2.01. The molecule has 0 atom stereocenters. The Kier molecular flexibility index (Phi) is 3.57. The van der Waals surface area contributed by atoms with E-state index in [0.717, 1.165) is 22.2 Å². The van der Waals surface area contributed by atoms with E-state index < -0.39 is 0 Å². The first-order valence-electron chi connectivity index (χ1n) is 7.71. The molecule has 0 fully saturated rings. The lowest BCUT2D eigenvalue weighted by atomic mass is 10.2. The fourth-order valence-corrected chi connectivity index (χ4v) is 2.69. The predicted molar refractivity (Wildman–Crippen MR) is 93.0 cm³/mol. The van der Waals surface area contributed by atoms with E-state index in [2.05, 4.69) is 15.3 Å². The number of halogens is 1. The molecule has 1 aliphatic rings. The van der Waals surface area contributed by atoms with E-state index in [1.807, 2.05) is 12.1 Å². The molecule has 0 unspecified atom stereocenters. The van der Waals surface area contributed by atoms with E-state index in [1.165, 1.54) is 18.2 Å². The molecular weight excluding hydrogens is 321 g/mol. The maximum absolute atomic E-state index is 13.2. The topological polar surface area (TPSA) is 67.0 Å². The number of ketones is 1. The maximum Gasteiger partial charge on any atom is 0.226 e. The zero-order valence-electron chi connectivity index (χ0n) is 13.3. The van der Waals surface area contributed by atoms with Crippen LogP contribution < -0.4 is 5.32 Å². The summed E-state index contributed by atoms with van der Waals surface area (Å²) in [7, 11) is 0. The number of aromatic amines is 1. The molecule has 124 valence electrons. The molecule has 0 aliphatic carbocycles. The first kappa shape index (κ1) is 15.1. The van der Waals surface area contributed by atoms with Gasteiger partial charge in [-0.15, -0.1) is 0 Å². The van der Waals surface area contributed by atoms with Gasteiger partial charge in [-0.1, -0.05) is 0 Å². The molecule has 1 aromatic carbocycles. The molecule has 5 nitrogen and oxygen atoms in total. The number of anilines is 1. The highest BCUT2D eigenvalue weighted by Gasteiger charge is 2.22. The molecular formula is C19H14FN3O2. The Morgan fingerprint density at radius 2 is 2.20 bits per heavy atom. The van der Waals surface area contributed by atoms with Crippen molar-refractivity contribution in [2.45, 2.75) is 6.92 Å². The first-order valence-corrected chi connectivity index (χ1v) is 7.71. The molecule has 2 aromatic heterocycles. The van der Waals surface area contributed by atoms with E-state index in [9.17, 15) is 9.18 Å². The Morgan fingerprint density at radius 1 is 1.32 bits per heavy atom. The average Bonchev–Trinajstić information content (AvgIpc) is 3.15. The van der Waals surface area contributed by atoms with Gasteiger partial charge in [0.25, 0.3) is 0 Å². The number of carbonyl (C=O) groups excluding carboxylic acids is 1. The van der Waals surface area contributed by atoms with Gasteiger partial charge < -0.3 is 15.0 Å². The first-order chi connectivity index (χ1) is 12.1. The van der Waals surface area contributed by atoms with Crippen LogP contribution in [0.4, 0.5) is 10.1 Å². The van der Waals surface area contributed by atoms with Crippen molar-refractivity contribution in [1.29, 1.82) is 0 Å². The predicted octanol–water partition coefficient (Wildman–Crippen LogP) is 3.90. The highest BCUT2D eigenvalue weighted by Crippen LogP contribution is 2.26. The summed E-state index contributed by atoms with van der Waals surface area (Å²) in [6.45, 7) is 1.78. The largest absolute Gasteiger partial charge is 0.437 e. The van der Waals surface area contributed by atoms with E-state index in [0.29, 0.717) is 11.6 Å². The number of nitrogens with zero attached hydrogens (tertiary/aromatic N) is 1. The van der Waals surface area contributed by atoms with Gasteiger partial charge >= 0.3 is 0 Å². The Balaban J connectivity index is 1.58. The standard InChI is InChI=1S/C19H14FN3O2/c1-11-7-13(20)4-5-15(11)23-18-9-16(24)17(25-18)8-12-10-22-19-14(12)3-2-6-21-19/h2-10,23H,1H3,(H,21,22). The van der Waals surface area contributed by atoms with E-state index in [4.69, 9.17) is 4.74 Å². The molecule has 6 heteroatoms. The third kappa shape index (κ3) is 2.89. The van der Waals surface area contributed by atoms with E-state index >= 15 is 0 Å². The van der Waals surface area contributed by atoms with Crippen molar-refractivity contribution in [2.75, 3.05) is 5.32 Å². The maximum atomic E-state index is 13.2. The number of pyridine rings is 1. The van der Waals surface area contributed by atoms with Crippen LogP contribution >= 0.6 is 0 Å². The number of hydrogen-bond acceptors (Lipinski definition) is 4. The van der Waals surface area contributed by atoms with Gasteiger partial charge in [-0.2, -0.15) is 0 Å². The van der Waals surface area contributed by atoms with E-state index in [-0.39, 0.29) is 17.4 Å². The van der Waals surface area contributed by atoms with Crippen molar-refractivity contribution < 1.29 is 13.9 Å². The summed E-state index contributed by atoms with van der Waals surface area (Å²) in [5, 5.41) is 3.91. The van der Waals surface area contributed by atoms with Gasteiger partial charge in [0, 0.05) is 29.0 Å². The monoisotopic (exact) mass is 335 g/mol. The smallest absolute Gasteiger partial charge is 0.226 e. The number of carbonyl (C=O) groups is 1. The van der Waals surface area contributed by atoms with Crippen molar-refractivity contribution in [3.05, 3.63) is 77.4 Å². The molecule has 0 amide bonds. The third-order valence-electron chi connectivity index (χ3n) is 3.94. The van der Waals surface area contributed by atoms with Gasteiger partial charge in [-0.25, -0.2) is 9.37 Å². The Labute approximate surface area is 142 Å². The minimum Gasteiger partial charge on any atom is -0.437 e. The molecule has 25 heavy (non-hydrogen) atoms. The minimum absolute atomic E-state index is 0.215. The van der Waals surface area contributed by atoms with Crippen LogP contribution in [0.15, 0.2) is 60.4 Å². The number of fused-ring (bicyclic) bond motifs is 1. The Morgan fingerprint density at radius 3 is 3.04 bits per heavy atom. The van der Waals surface area contributed by atoms with Crippen LogP contribution in [0.5, 0.6) is 0 Å². The zero-order valence-corrected chi connectivity index (χ0v) is 13.3. The second kappa shape index (κ2) is 5.90. The van der Waals surface area contributed by atoms with Gasteiger partial charge in [0.15, 0.2) is 5.76 Å².